The van der Waals surface area contributed by atoms with E-state index in [2.05, 4.69) is 10.1 Å². The zero-order valence-electron chi connectivity index (χ0n) is 7.88. The molecule has 0 radical (unpaired) electrons. The van der Waals surface area contributed by atoms with Crippen molar-refractivity contribution in [3.63, 3.8) is 0 Å². The first-order chi connectivity index (χ1) is 6.45. The van der Waals surface area contributed by atoms with E-state index in [0.29, 0.717) is 0 Å². The zero-order valence-corrected chi connectivity index (χ0v) is 8.69. The Morgan fingerprint density at radius 1 is 1.47 bits per heavy atom. The van der Waals surface area contributed by atoms with Crippen molar-refractivity contribution >= 4 is 18.4 Å². The van der Waals surface area contributed by atoms with Gasteiger partial charge in [0, 0.05) is 6.04 Å². The van der Waals surface area contributed by atoms with Crippen LogP contribution in [0, 0.1) is 11.8 Å². The summed E-state index contributed by atoms with van der Waals surface area (Å²) < 4.78 is 41.1. The molecular weight excluding hydrogens is 235 g/mol. The lowest BCUT2D eigenvalue weighted by atomic mass is 10.1. The zero-order chi connectivity index (χ0) is 10.5. The summed E-state index contributed by atoms with van der Waals surface area (Å²) in [6, 6.07) is -1.12. The molecule has 1 heterocycles. The first kappa shape index (κ1) is 12.6. The summed E-state index contributed by atoms with van der Waals surface area (Å²) in [5, 5.41) is 2.64. The van der Waals surface area contributed by atoms with E-state index in [4.69, 9.17) is 0 Å². The molecule has 1 N–H and O–H groups in total. The molecule has 3 nitrogen and oxygen atoms in total. The Morgan fingerprint density at radius 3 is 2.40 bits per heavy atom. The van der Waals surface area contributed by atoms with Crippen LogP contribution in [0.15, 0.2) is 0 Å². The van der Waals surface area contributed by atoms with E-state index in [9.17, 15) is 18.0 Å². The number of methoxy groups -OCH3 is 1. The van der Waals surface area contributed by atoms with Gasteiger partial charge in [0.15, 0.2) is 0 Å². The van der Waals surface area contributed by atoms with Gasteiger partial charge in [-0.3, -0.25) is 4.79 Å². The van der Waals surface area contributed by atoms with E-state index in [1.54, 1.807) is 0 Å². The summed E-state index contributed by atoms with van der Waals surface area (Å²) in [4.78, 5) is 11.0. The molecule has 7 heteroatoms. The van der Waals surface area contributed by atoms with Gasteiger partial charge in [-0.25, -0.2) is 0 Å². The summed E-state index contributed by atoms with van der Waals surface area (Å²) in [5.41, 5.74) is 0. The van der Waals surface area contributed by atoms with Gasteiger partial charge in [-0.15, -0.1) is 12.4 Å². The minimum absolute atomic E-state index is 0. The molecule has 2 fully saturated rings. The van der Waals surface area contributed by atoms with E-state index in [1.807, 2.05) is 0 Å². The predicted molar refractivity (Wildman–Crippen MR) is 47.6 cm³/mol. The number of hydrogen-bond acceptors (Lipinski definition) is 3. The van der Waals surface area contributed by atoms with Crippen LogP contribution in [0.1, 0.15) is 6.42 Å². The van der Waals surface area contributed by atoms with Crippen LogP contribution < -0.4 is 5.32 Å². The molecule has 1 aliphatic carbocycles. The van der Waals surface area contributed by atoms with Crippen molar-refractivity contribution in [3.8, 4) is 0 Å². The lowest BCUT2D eigenvalue weighted by molar-refractivity contribution is -0.157. The molecule has 0 aromatic carbocycles. The fraction of sp³-hybridized carbons (Fsp3) is 0.875. The van der Waals surface area contributed by atoms with Crippen LogP contribution in [0.25, 0.3) is 0 Å². The maximum Gasteiger partial charge on any atom is 0.393 e. The quantitative estimate of drug-likeness (QED) is 0.704. The number of carbonyl (C=O) groups is 1. The van der Waals surface area contributed by atoms with Crippen LogP contribution in [-0.2, 0) is 9.53 Å². The summed E-state index contributed by atoms with van der Waals surface area (Å²) in [7, 11) is 1.23. The third-order valence-corrected chi connectivity index (χ3v) is 2.93. The van der Waals surface area contributed by atoms with E-state index in [1.165, 1.54) is 7.11 Å². The lowest BCUT2D eigenvalue weighted by Gasteiger charge is -2.14. The Bertz CT molecular complexity index is 259. The molecule has 4 atom stereocenters. The Kier molecular flexibility index (Phi) is 3.21. The molecule has 1 saturated carbocycles. The molecule has 0 aromatic rings. The maximum absolute atomic E-state index is 12.2. The Balaban J connectivity index is 0.00000112. The number of nitrogens with one attached hydrogen (secondary N) is 1. The van der Waals surface area contributed by atoms with E-state index < -0.39 is 36.1 Å². The van der Waals surface area contributed by atoms with Crippen LogP contribution in [0.4, 0.5) is 13.2 Å². The van der Waals surface area contributed by atoms with Gasteiger partial charge < -0.3 is 10.1 Å². The monoisotopic (exact) mass is 245 g/mol. The lowest BCUT2D eigenvalue weighted by Crippen LogP contribution is -2.38. The molecule has 0 amide bonds. The molecule has 2 aliphatic rings. The standard InChI is InChI=1S/C8H10F3NO2.ClH/c1-14-7(13)4-2-3-5(6(3)12-4)8(9,10)11;/h3-6,12H,2H2,1H3;1H. The van der Waals surface area contributed by atoms with E-state index in [0.717, 1.165) is 0 Å². The van der Waals surface area contributed by atoms with Gasteiger partial charge in [0.05, 0.1) is 13.0 Å². The highest BCUT2D eigenvalue weighted by Crippen LogP contribution is 2.55. The minimum atomic E-state index is -4.14. The normalized spacial score (nSPS) is 37.9. The van der Waals surface area contributed by atoms with E-state index in [-0.39, 0.29) is 18.8 Å². The fourth-order valence-corrected chi connectivity index (χ4v) is 2.22. The SMILES string of the molecule is COC(=O)C1CC2C(N1)C2C(F)(F)F.Cl. The minimum Gasteiger partial charge on any atom is -0.468 e. The molecule has 1 saturated heterocycles. The van der Waals surface area contributed by atoms with Crippen LogP contribution in [-0.4, -0.2) is 31.3 Å². The third-order valence-electron chi connectivity index (χ3n) is 2.93. The van der Waals surface area contributed by atoms with Gasteiger partial charge in [0.1, 0.15) is 6.04 Å². The van der Waals surface area contributed by atoms with Crippen molar-refractivity contribution in [2.75, 3.05) is 7.11 Å². The average Bonchev–Trinajstić information content (AvgIpc) is 2.63. The second-order valence-electron chi connectivity index (χ2n) is 3.74. The summed E-state index contributed by atoms with van der Waals surface area (Å²) in [6.45, 7) is 0. The van der Waals surface area contributed by atoms with Gasteiger partial charge in [-0.2, -0.15) is 13.2 Å². The number of piperidine rings is 1. The Hall–Kier alpha value is -0.490. The number of alkyl halides is 3. The summed E-state index contributed by atoms with van der Waals surface area (Å²) in [5.74, 6) is -2.17. The summed E-state index contributed by atoms with van der Waals surface area (Å²) in [6.07, 6.45) is -3.90. The molecule has 1 aliphatic heterocycles. The molecule has 88 valence electrons. The molecule has 0 aromatic heterocycles. The van der Waals surface area contributed by atoms with Crippen molar-refractivity contribution < 1.29 is 22.7 Å². The van der Waals surface area contributed by atoms with Gasteiger partial charge >= 0.3 is 12.1 Å². The predicted octanol–water partition coefficient (Wildman–Crippen LogP) is 1.12. The second-order valence-corrected chi connectivity index (χ2v) is 3.74. The van der Waals surface area contributed by atoms with Crippen molar-refractivity contribution in [3.05, 3.63) is 0 Å². The van der Waals surface area contributed by atoms with Crippen molar-refractivity contribution in [2.24, 2.45) is 11.8 Å². The third kappa shape index (κ3) is 2.06. The van der Waals surface area contributed by atoms with Crippen LogP contribution in [0.5, 0.6) is 0 Å². The highest BCUT2D eigenvalue weighted by Gasteiger charge is 2.68. The Morgan fingerprint density at radius 2 is 2.07 bits per heavy atom. The highest BCUT2D eigenvalue weighted by molar-refractivity contribution is 5.85. The van der Waals surface area contributed by atoms with Crippen LogP contribution >= 0.6 is 12.4 Å². The summed E-state index contributed by atoms with van der Waals surface area (Å²) >= 11 is 0. The number of hydrogen-bond donors (Lipinski definition) is 1. The average molecular weight is 246 g/mol. The van der Waals surface area contributed by atoms with Gasteiger partial charge in [-0.05, 0) is 12.3 Å². The first-order valence-electron chi connectivity index (χ1n) is 4.35. The van der Waals surface area contributed by atoms with Gasteiger partial charge in [0.2, 0.25) is 0 Å². The first-order valence-corrected chi connectivity index (χ1v) is 4.35. The topological polar surface area (TPSA) is 38.3 Å². The molecule has 0 spiro atoms. The van der Waals surface area contributed by atoms with Crippen molar-refractivity contribution in [1.29, 1.82) is 0 Å². The van der Waals surface area contributed by atoms with Crippen LogP contribution in [0.3, 0.4) is 0 Å². The number of ether oxygens (including phenoxy) is 1. The number of carbonyl (C=O) groups excluding carboxylic acids is 1. The number of fused-ring (bicyclic) bond motifs is 1. The van der Waals surface area contributed by atoms with E-state index >= 15 is 0 Å². The molecule has 15 heavy (non-hydrogen) atoms. The molecule has 2 rings (SSSR count). The van der Waals surface area contributed by atoms with Crippen molar-refractivity contribution in [2.45, 2.75) is 24.7 Å². The van der Waals surface area contributed by atoms with Gasteiger partial charge in [0.25, 0.3) is 0 Å². The molecular formula is C8H11ClF3NO2. The number of esters is 1. The second kappa shape index (κ2) is 3.83. The van der Waals surface area contributed by atoms with Crippen molar-refractivity contribution in [1.82, 2.24) is 5.32 Å². The molecule has 4 unspecified atom stereocenters. The maximum atomic E-state index is 12.2. The highest BCUT2D eigenvalue weighted by atomic mass is 35.5. The number of halogens is 4. The molecule has 0 bridgehead atoms. The fourth-order valence-electron chi connectivity index (χ4n) is 2.22. The van der Waals surface area contributed by atoms with Gasteiger partial charge in [-0.1, -0.05) is 0 Å². The smallest absolute Gasteiger partial charge is 0.393 e. The largest absolute Gasteiger partial charge is 0.468 e. The van der Waals surface area contributed by atoms with Crippen LogP contribution in [0.2, 0.25) is 0 Å². The number of rotatable bonds is 1. The Labute approximate surface area is 90.8 Å².